The number of nitrogens with zero attached hydrogens (tertiary/aromatic N) is 2. The summed E-state index contributed by atoms with van der Waals surface area (Å²) < 4.78 is 0. The number of amidine groups is 1. The smallest absolute Gasteiger partial charge is 0.217 e. The van der Waals surface area contributed by atoms with E-state index in [9.17, 15) is 4.79 Å². The van der Waals surface area contributed by atoms with Gasteiger partial charge in [0, 0.05) is 18.7 Å². The molecular weight excluding hydrogens is 460 g/mol. The van der Waals surface area contributed by atoms with Crippen LogP contribution in [-0.2, 0) is 4.79 Å². The predicted molar refractivity (Wildman–Crippen MR) is 155 cm³/mol. The van der Waals surface area contributed by atoms with Crippen LogP contribution in [0.25, 0.3) is 0 Å². The maximum atomic E-state index is 11.3. The van der Waals surface area contributed by atoms with Crippen LogP contribution in [0.4, 0.5) is 0 Å². The van der Waals surface area contributed by atoms with Crippen LogP contribution in [0.3, 0.4) is 0 Å². The van der Waals surface area contributed by atoms with Gasteiger partial charge in [-0.1, -0.05) is 38.2 Å². The molecule has 3 aliphatic rings. The van der Waals surface area contributed by atoms with Gasteiger partial charge >= 0.3 is 0 Å². The lowest BCUT2D eigenvalue weighted by atomic mass is 9.65. The molecule has 7 nitrogen and oxygen atoms in total. The van der Waals surface area contributed by atoms with Crippen LogP contribution in [-0.4, -0.2) is 48.4 Å². The van der Waals surface area contributed by atoms with Crippen LogP contribution >= 0.6 is 0 Å². The number of rotatable bonds is 11. The highest BCUT2D eigenvalue weighted by Gasteiger charge is 2.38. The van der Waals surface area contributed by atoms with Crippen LogP contribution in [0.2, 0.25) is 0 Å². The number of primary amides is 1. The molecule has 3 rings (SSSR count). The van der Waals surface area contributed by atoms with Gasteiger partial charge in [0.25, 0.3) is 0 Å². The summed E-state index contributed by atoms with van der Waals surface area (Å²) in [6.45, 7) is 11.2. The van der Waals surface area contributed by atoms with E-state index in [1.165, 1.54) is 25.7 Å². The van der Waals surface area contributed by atoms with Gasteiger partial charge in [-0.25, -0.2) is 0 Å². The molecule has 0 aromatic heterocycles. The first-order chi connectivity index (χ1) is 17.8. The van der Waals surface area contributed by atoms with Crippen LogP contribution in [0.1, 0.15) is 71.6 Å². The van der Waals surface area contributed by atoms with E-state index >= 15 is 0 Å². The second kappa shape index (κ2) is 13.7. The molecule has 37 heavy (non-hydrogen) atoms. The van der Waals surface area contributed by atoms with Gasteiger partial charge in [-0.3, -0.25) is 14.7 Å². The first kappa shape index (κ1) is 28.8. The van der Waals surface area contributed by atoms with Crippen molar-refractivity contribution in [1.29, 1.82) is 0 Å². The van der Waals surface area contributed by atoms with Gasteiger partial charge in [-0.05, 0) is 99.2 Å². The molecule has 2 atom stereocenters. The highest BCUT2D eigenvalue weighted by atomic mass is 16.1. The second-order valence-corrected chi connectivity index (χ2v) is 11.0. The van der Waals surface area contributed by atoms with E-state index in [0.29, 0.717) is 17.8 Å². The van der Waals surface area contributed by atoms with Gasteiger partial charge in [0.15, 0.2) is 0 Å². The van der Waals surface area contributed by atoms with E-state index in [1.54, 1.807) is 6.20 Å². The Morgan fingerprint density at radius 2 is 1.86 bits per heavy atom. The topological polar surface area (TPSA) is 123 Å². The fourth-order valence-electron chi connectivity index (χ4n) is 5.99. The quantitative estimate of drug-likeness (QED) is 0.248. The lowest BCUT2D eigenvalue weighted by Crippen LogP contribution is -2.43. The Bertz CT molecular complexity index is 941. The minimum absolute atomic E-state index is 0.00844. The van der Waals surface area contributed by atoms with Crippen molar-refractivity contribution in [3.8, 4) is 0 Å². The SMILES string of the molecule is C=CC1NC(/C(=C/C=C(\N)CN2CCC3(CCC(CC(N)=O)CC3)CC2)CC)=NC1C(/C=C\CC)=C/N. The Kier molecular flexibility index (Phi) is 10.6. The zero-order valence-electron chi connectivity index (χ0n) is 22.9. The summed E-state index contributed by atoms with van der Waals surface area (Å²) in [6.07, 6.45) is 21.3. The van der Waals surface area contributed by atoms with Gasteiger partial charge in [-0.15, -0.1) is 6.58 Å². The summed E-state index contributed by atoms with van der Waals surface area (Å²) in [6, 6.07) is -0.0720. The van der Waals surface area contributed by atoms with Crippen LogP contribution in [0, 0.1) is 11.3 Å². The summed E-state index contributed by atoms with van der Waals surface area (Å²) >= 11 is 0. The van der Waals surface area contributed by atoms with Crippen molar-refractivity contribution in [2.24, 2.45) is 33.5 Å². The average molecular weight is 509 g/mol. The number of hydrogen-bond acceptors (Lipinski definition) is 6. The molecule has 2 aliphatic heterocycles. The zero-order chi connectivity index (χ0) is 26.8. The summed E-state index contributed by atoms with van der Waals surface area (Å²) in [7, 11) is 0. The minimum atomic E-state index is -0.157. The summed E-state index contributed by atoms with van der Waals surface area (Å²) in [4.78, 5) is 18.7. The first-order valence-corrected chi connectivity index (χ1v) is 14.0. The number of carbonyl (C=O) groups is 1. The molecule has 0 aromatic rings. The number of allylic oxidation sites excluding steroid dienone is 3. The molecule has 204 valence electrons. The third-order valence-electron chi connectivity index (χ3n) is 8.41. The highest BCUT2D eigenvalue weighted by molar-refractivity contribution is 6.00. The van der Waals surface area contributed by atoms with Crippen molar-refractivity contribution in [3.05, 3.63) is 60.0 Å². The van der Waals surface area contributed by atoms with Crippen LogP contribution in [0.15, 0.2) is 65.0 Å². The molecule has 1 amide bonds. The largest absolute Gasteiger partial charge is 0.404 e. The maximum Gasteiger partial charge on any atom is 0.217 e. The Morgan fingerprint density at radius 1 is 1.16 bits per heavy atom. The molecule has 0 aromatic carbocycles. The predicted octanol–water partition coefficient (Wildman–Crippen LogP) is 4.05. The number of nitrogens with one attached hydrogen (secondary N) is 1. The van der Waals surface area contributed by atoms with Gasteiger partial charge in [0.2, 0.25) is 5.91 Å². The Labute approximate surface area is 223 Å². The fraction of sp³-hybridized carbons (Fsp3) is 0.600. The molecule has 2 heterocycles. The number of hydrogen-bond donors (Lipinski definition) is 4. The average Bonchev–Trinajstić information content (AvgIpc) is 3.32. The maximum absolute atomic E-state index is 11.3. The molecule has 7 N–H and O–H groups in total. The standard InChI is InChI=1S/C30H48N6O/c1-4-7-8-24(20-31)28-26(6-3)34-29(35-28)23(5-2)9-10-25(32)21-36-17-15-30(16-18-36)13-11-22(12-14-30)19-27(33)37/h6-10,20,22,26,28H,3-5,11-19,21,31-32H2,1-2H3,(H2,33,37)(H,34,35)/b8-7-,23-9+,24-20+,25-10-. The number of aliphatic imine (C=N–C) groups is 1. The van der Waals surface area contributed by atoms with Crippen molar-refractivity contribution in [2.75, 3.05) is 19.6 Å². The molecule has 2 unspecified atom stereocenters. The van der Waals surface area contributed by atoms with Crippen molar-refractivity contribution < 1.29 is 4.79 Å². The molecule has 2 fully saturated rings. The highest BCUT2D eigenvalue weighted by Crippen LogP contribution is 2.46. The van der Waals surface area contributed by atoms with Crippen molar-refractivity contribution >= 4 is 11.7 Å². The van der Waals surface area contributed by atoms with E-state index in [-0.39, 0.29) is 18.0 Å². The minimum Gasteiger partial charge on any atom is -0.404 e. The number of nitrogens with two attached hydrogens (primary N) is 3. The number of likely N-dealkylation sites (tertiary alicyclic amines) is 1. The molecule has 7 heteroatoms. The molecular formula is C30H48N6O. The number of carbonyl (C=O) groups excluding carboxylic acids is 1. The fourth-order valence-corrected chi connectivity index (χ4v) is 5.99. The number of amides is 1. The monoisotopic (exact) mass is 508 g/mol. The summed E-state index contributed by atoms with van der Waals surface area (Å²) in [5.41, 5.74) is 21.2. The lowest BCUT2D eigenvalue weighted by molar-refractivity contribution is -0.119. The molecule has 1 saturated heterocycles. The van der Waals surface area contributed by atoms with E-state index in [4.69, 9.17) is 22.2 Å². The molecule has 1 saturated carbocycles. The zero-order valence-corrected chi connectivity index (χ0v) is 22.9. The Hall–Kier alpha value is -2.80. The van der Waals surface area contributed by atoms with Crippen LogP contribution < -0.4 is 22.5 Å². The van der Waals surface area contributed by atoms with Gasteiger partial charge in [-0.2, -0.15) is 0 Å². The number of piperidine rings is 1. The molecule has 1 aliphatic carbocycles. The third kappa shape index (κ3) is 7.84. The summed E-state index contributed by atoms with van der Waals surface area (Å²) in [5.74, 6) is 1.22. The van der Waals surface area contributed by atoms with Gasteiger partial charge in [0.1, 0.15) is 11.9 Å². The molecule has 1 spiro atoms. The third-order valence-corrected chi connectivity index (χ3v) is 8.41. The first-order valence-electron chi connectivity index (χ1n) is 14.0. The van der Waals surface area contributed by atoms with E-state index < -0.39 is 0 Å². The molecule has 0 bridgehead atoms. The van der Waals surface area contributed by atoms with Gasteiger partial charge in [0.05, 0.1) is 6.04 Å². The van der Waals surface area contributed by atoms with Crippen molar-refractivity contribution in [2.45, 2.75) is 83.7 Å². The van der Waals surface area contributed by atoms with Crippen LogP contribution in [0.5, 0.6) is 0 Å². The normalized spacial score (nSPS) is 25.9. The summed E-state index contributed by atoms with van der Waals surface area (Å²) in [5, 5.41) is 3.51. The van der Waals surface area contributed by atoms with E-state index in [2.05, 4.69) is 48.9 Å². The van der Waals surface area contributed by atoms with Crippen molar-refractivity contribution in [1.82, 2.24) is 10.2 Å². The second-order valence-electron chi connectivity index (χ2n) is 11.0. The Balaban J connectivity index is 1.57. The van der Waals surface area contributed by atoms with Crippen molar-refractivity contribution in [3.63, 3.8) is 0 Å². The lowest BCUT2D eigenvalue weighted by Gasteiger charge is -2.46. The van der Waals surface area contributed by atoms with E-state index in [1.807, 2.05) is 12.2 Å². The molecule has 0 radical (unpaired) electrons. The van der Waals surface area contributed by atoms with Gasteiger partial charge < -0.3 is 22.5 Å². The van der Waals surface area contributed by atoms with E-state index in [0.717, 1.165) is 68.0 Å². The Morgan fingerprint density at radius 3 is 2.43 bits per heavy atom.